The smallest absolute Gasteiger partial charge is 0.305 e. The van der Waals surface area contributed by atoms with Gasteiger partial charge in [-0.05, 0) is 42.2 Å². The van der Waals surface area contributed by atoms with Gasteiger partial charge in [0, 0.05) is 18.2 Å². The third kappa shape index (κ3) is 5.09. The molecule has 1 aliphatic heterocycles. The summed E-state index contributed by atoms with van der Waals surface area (Å²) in [4.78, 5) is 39.5. The Labute approximate surface area is 214 Å². The molecule has 3 aromatic rings. The molecule has 1 aliphatic carbocycles. The molecule has 0 bridgehead atoms. The first-order valence-corrected chi connectivity index (χ1v) is 12.6. The first kappa shape index (κ1) is 24.6. The second-order valence-electron chi connectivity index (χ2n) is 9.70. The fraction of sp³-hybridized carbons (Fsp3) is 0.345. The summed E-state index contributed by atoms with van der Waals surface area (Å²) in [5, 5.41) is 12.6. The van der Waals surface area contributed by atoms with Gasteiger partial charge >= 0.3 is 5.97 Å². The second kappa shape index (κ2) is 10.5. The van der Waals surface area contributed by atoms with Crippen molar-refractivity contribution in [2.24, 2.45) is 0 Å². The Morgan fingerprint density at radius 2 is 1.73 bits per heavy atom. The third-order valence-electron chi connectivity index (χ3n) is 7.31. The van der Waals surface area contributed by atoms with E-state index in [0.717, 1.165) is 24.8 Å². The predicted molar refractivity (Wildman–Crippen MR) is 137 cm³/mol. The Kier molecular flexibility index (Phi) is 6.99. The lowest BCUT2D eigenvalue weighted by Crippen LogP contribution is -2.54. The molecule has 2 aromatic carbocycles. The molecule has 1 fully saturated rings. The molecule has 0 saturated heterocycles. The van der Waals surface area contributed by atoms with Crippen LogP contribution in [0, 0.1) is 0 Å². The van der Waals surface area contributed by atoms with Crippen molar-refractivity contribution in [3.8, 4) is 11.5 Å². The van der Waals surface area contributed by atoms with Gasteiger partial charge in [0.05, 0.1) is 12.5 Å². The Morgan fingerprint density at radius 3 is 2.49 bits per heavy atom. The molecule has 8 nitrogen and oxygen atoms in total. The number of amides is 1. The Hall–Kier alpha value is -4.07. The van der Waals surface area contributed by atoms with E-state index >= 15 is 0 Å². The van der Waals surface area contributed by atoms with Gasteiger partial charge in [-0.3, -0.25) is 14.4 Å². The fourth-order valence-corrected chi connectivity index (χ4v) is 5.39. The van der Waals surface area contributed by atoms with Crippen LogP contribution in [0.4, 0.5) is 0 Å². The highest BCUT2D eigenvalue weighted by atomic mass is 16.7. The first-order chi connectivity index (χ1) is 18.0. The molecule has 1 atom stereocenters. The molecule has 2 aliphatic rings. The van der Waals surface area contributed by atoms with Crippen LogP contribution in [0.2, 0.25) is 0 Å². The van der Waals surface area contributed by atoms with E-state index < -0.39 is 17.6 Å². The van der Waals surface area contributed by atoms with Gasteiger partial charge in [-0.2, -0.15) is 0 Å². The van der Waals surface area contributed by atoms with Crippen LogP contribution in [0.15, 0.2) is 71.7 Å². The number of nitrogens with zero attached hydrogens (tertiary/aromatic N) is 1. The van der Waals surface area contributed by atoms with Gasteiger partial charge in [-0.15, -0.1) is 0 Å². The number of ether oxygens (including phenoxy) is 2. The average Bonchev–Trinajstić information content (AvgIpc) is 3.38. The van der Waals surface area contributed by atoms with Gasteiger partial charge in [0.15, 0.2) is 11.5 Å². The lowest BCUT2D eigenvalue weighted by Gasteiger charge is -2.38. The highest BCUT2D eigenvalue weighted by Gasteiger charge is 2.43. The van der Waals surface area contributed by atoms with Gasteiger partial charge in [-0.25, -0.2) is 0 Å². The number of carbonyl (C=O) groups excluding carboxylic acids is 1. The van der Waals surface area contributed by atoms with E-state index in [9.17, 15) is 19.5 Å². The largest absolute Gasteiger partial charge is 0.481 e. The van der Waals surface area contributed by atoms with E-state index in [1.807, 2.05) is 36.4 Å². The summed E-state index contributed by atoms with van der Waals surface area (Å²) in [5.74, 6) is -0.285. The molecule has 1 aromatic heterocycles. The number of rotatable bonds is 8. The number of fused-ring (bicyclic) bond motifs is 1. The number of aliphatic carboxylic acids is 1. The van der Waals surface area contributed by atoms with Gasteiger partial charge in [0.25, 0.3) is 5.56 Å². The van der Waals surface area contributed by atoms with Crippen molar-refractivity contribution >= 4 is 11.9 Å². The van der Waals surface area contributed by atoms with Crippen molar-refractivity contribution in [3.05, 3.63) is 93.9 Å². The summed E-state index contributed by atoms with van der Waals surface area (Å²) in [6, 6.07) is 17.7. The standard InChI is InChI=1S/C29H30N2O6/c32-26(33)18-23(21-11-12-24-25(17-21)37-19-36-24)30-28(35)29(13-5-2-6-14-29)31-15-7-10-22(27(31)34)16-20-8-3-1-4-9-20/h1,3-4,7-12,15,17,23H,2,5-6,13-14,16,18-19H2,(H,30,35)(H,32,33)/t23-/m0/s1. The fourth-order valence-electron chi connectivity index (χ4n) is 5.39. The van der Waals surface area contributed by atoms with Crippen LogP contribution in [-0.4, -0.2) is 28.3 Å². The zero-order valence-electron chi connectivity index (χ0n) is 20.5. The number of hydrogen-bond donors (Lipinski definition) is 2. The van der Waals surface area contributed by atoms with Gasteiger partial charge in [-0.1, -0.05) is 61.7 Å². The molecule has 2 N–H and O–H groups in total. The van der Waals surface area contributed by atoms with Crippen LogP contribution in [0.3, 0.4) is 0 Å². The first-order valence-electron chi connectivity index (χ1n) is 12.6. The number of nitrogens with one attached hydrogen (secondary N) is 1. The van der Waals surface area contributed by atoms with E-state index in [2.05, 4.69) is 5.32 Å². The van der Waals surface area contributed by atoms with Crippen molar-refractivity contribution in [2.75, 3.05) is 6.79 Å². The molecule has 2 heterocycles. The highest BCUT2D eigenvalue weighted by molar-refractivity contribution is 5.85. The van der Waals surface area contributed by atoms with Gasteiger partial charge < -0.3 is 24.5 Å². The zero-order valence-corrected chi connectivity index (χ0v) is 20.5. The van der Waals surface area contributed by atoms with Crippen LogP contribution < -0.4 is 20.3 Å². The summed E-state index contributed by atoms with van der Waals surface area (Å²) < 4.78 is 12.4. The van der Waals surface area contributed by atoms with Crippen molar-refractivity contribution < 1.29 is 24.2 Å². The van der Waals surface area contributed by atoms with Crippen molar-refractivity contribution in [1.29, 1.82) is 0 Å². The van der Waals surface area contributed by atoms with Crippen LogP contribution in [0.5, 0.6) is 11.5 Å². The number of carbonyl (C=O) groups is 2. The van der Waals surface area contributed by atoms with Crippen molar-refractivity contribution in [3.63, 3.8) is 0 Å². The number of carboxylic acids is 1. The highest BCUT2D eigenvalue weighted by Crippen LogP contribution is 2.37. The van der Waals surface area contributed by atoms with E-state index in [-0.39, 0.29) is 24.7 Å². The molecule has 37 heavy (non-hydrogen) atoms. The third-order valence-corrected chi connectivity index (χ3v) is 7.31. The van der Waals surface area contributed by atoms with Crippen LogP contribution in [0.25, 0.3) is 0 Å². The molecule has 1 amide bonds. The summed E-state index contributed by atoms with van der Waals surface area (Å²) >= 11 is 0. The van der Waals surface area contributed by atoms with Gasteiger partial charge in [0.2, 0.25) is 12.7 Å². The van der Waals surface area contributed by atoms with Gasteiger partial charge in [0.1, 0.15) is 5.54 Å². The monoisotopic (exact) mass is 502 g/mol. The number of pyridine rings is 1. The average molecular weight is 503 g/mol. The van der Waals surface area contributed by atoms with E-state index in [1.165, 1.54) is 0 Å². The summed E-state index contributed by atoms with van der Waals surface area (Å²) in [7, 11) is 0. The van der Waals surface area contributed by atoms with E-state index in [1.54, 1.807) is 35.0 Å². The minimum Gasteiger partial charge on any atom is -0.481 e. The number of benzene rings is 2. The molecule has 8 heteroatoms. The predicted octanol–water partition coefficient (Wildman–Crippen LogP) is 4.16. The van der Waals surface area contributed by atoms with E-state index in [0.29, 0.717) is 41.9 Å². The lowest BCUT2D eigenvalue weighted by atomic mass is 9.80. The van der Waals surface area contributed by atoms with Crippen LogP contribution in [0.1, 0.15) is 61.3 Å². The summed E-state index contributed by atoms with van der Waals surface area (Å²) in [5.41, 5.74) is 0.959. The number of hydrogen-bond acceptors (Lipinski definition) is 5. The maximum atomic E-state index is 14.0. The summed E-state index contributed by atoms with van der Waals surface area (Å²) in [6.45, 7) is 0.0973. The van der Waals surface area contributed by atoms with Crippen molar-refractivity contribution in [1.82, 2.24) is 9.88 Å². The maximum absolute atomic E-state index is 14.0. The minimum atomic E-state index is -1.09. The molecular formula is C29H30N2O6. The molecule has 5 rings (SSSR count). The molecule has 0 radical (unpaired) electrons. The molecule has 192 valence electrons. The van der Waals surface area contributed by atoms with Crippen LogP contribution in [-0.2, 0) is 21.5 Å². The minimum absolute atomic E-state index is 0.0973. The lowest BCUT2D eigenvalue weighted by molar-refractivity contribution is -0.138. The molecule has 0 spiro atoms. The molecule has 1 saturated carbocycles. The molecular weight excluding hydrogens is 472 g/mol. The Balaban J connectivity index is 1.48. The topological polar surface area (TPSA) is 107 Å². The SMILES string of the molecule is O=C(O)C[C@H](NC(=O)C1(n2cccc(Cc3ccccc3)c2=O)CCCCC1)c1ccc2c(c1)OCO2. The van der Waals surface area contributed by atoms with Crippen LogP contribution >= 0.6 is 0 Å². The van der Waals surface area contributed by atoms with E-state index in [4.69, 9.17) is 9.47 Å². The maximum Gasteiger partial charge on any atom is 0.305 e. The quantitative estimate of drug-likeness (QED) is 0.479. The molecule has 0 unspecified atom stereocenters. The Morgan fingerprint density at radius 1 is 0.973 bits per heavy atom. The second-order valence-corrected chi connectivity index (χ2v) is 9.70. The zero-order chi connectivity index (χ0) is 25.8. The normalized spacial score (nSPS) is 16.6. The number of aromatic nitrogens is 1. The summed E-state index contributed by atoms with van der Waals surface area (Å²) in [6.07, 6.45) is 5.46. The Bertz CT molecular complexity index is 1340. The number of carboxylic acid groups (broad SMARTS) is 1. The van der Waals surface area contributed by atoms with Crippen molar-refractivity contribution in [2.45, 2.75) is 56.5 Å².